The topological polar surface area (TPSA) is 12.9 Å². The van der Waals surface area contributed by atoms with Crippen LogP contribution in [0, 0.1) is 5.82 Å². The summed E-state index contributed by atoms with van der Waals surface area (Å²) in [6, 6.07) is 7.04. The number of pyridine rings is 1. The van der Waals surface area contributed by atoms with Crippen molar-refractivity contribution in [2.24, 2.45) is 0 Å². The number of nitrogens with zero attached hydrogens (tertiary/aromatic N) is 1. The molecule has 0 radical (unpaired) electrons. The van der Waals surface area contributed by atoms with Gasteiger partial charge in [-0.05, 0) is 17.5 Å². The number of aromatic nitrogens is 1. The van der Waals surface area contributed by atoms with Crippen LogP contribution in [0.15, 0.2) is 30.5 Å². The van der Waals surface area contributed by atoms with Gasteiger partial charge < -0.3 is 0 Å². The fraction of sp³-hybridized carbons (Fsp3) is 0. The zero-order valence-electron chi connectivity index (χ0n) is 6.71. The molecule has 1 nitrogen and oxygen atoms in total. The third-order valence-corrected chi connectivity index (χ3v) is 1.88. The Balaban J connectivity index is 2.84. The lowest BCUT2D eigenvalue weighted by atomic mass is 9.94. The summed E-state index contributed by atoms with van der Waals surface area (Å²) in [4.78, 5) is 4.04. The molecule has 3 heteroatoms. The average molecular weight is 159 g/mol. The molecule has 12 heavy (non-hydrogen) atoms. The van der Waals surface area contributed by atoms with E-state index in [9.17, 15) is 4.39 Å². The van der Waals surface area contributed by atoms with E-state index in [1.165, 1.54) is 6.07 Å². The molecule has 1 heterocycles. The van der Waals surface area contributed by atoms with Crippen LogP contribution in [0.1, 0.15) is 0 Å². The Labute approximate surface area is 70.7 Å². The fourth-order valence-corrected chi connectivity index (χ4v) is 1.21. The van der Waals surface area contributed by atoms with Gasteiger partial charge in [0.05, 0.1) is 5.52 Å². The van der Waals surface area contributed by atoms with Gasteiger partial charge in [0.25, 0.3) is 0 Å². The monoisotopic (exact) mass is 159 g/mol. The number of hydrogen-bond donors (Lipinski definition) is 0. The smallest absolute Gasteiger partial charge is 0.143 e. The third-order valence-electron chi connectivity index (χ3n) is 1.88. The predicted octanol–water partition coefficient (Wildman–Crippen LogP) is 0.632. The van der Waals surface area contributed by atoms with Gasteiger partial charge in [-0.25, -0.2) is 4.39 Å². The summed E-state index contributed by atoms with van der Waals surface area (Å²) in [5.74, 6) is -0.193. The third kappa shape index (κ3) is 1.07. The highest BCUT2D eigenvalue weighted by atomic mass is 19.1. The standard InChI is InChI=1S/C9H7BFN/c10-7-4-6-2-1-3-12-9(6)5-8(7)11/h1-5H,10H2. The Morgan fingerprint density at radius 2 is 2.17 bits per heavy atom. The van der Waals surface area contributed by atoms with Crippen LogP contribution < -0.4 is 5.46 Å². The molecule has 0 saturated heterocycles. The van der Waals surface area contributed by atoms with Gasteiger partial charge in [0.15, 0.2) is 0 Å². The van der Waals surface area contributed by atoms with Crippen LogP contribution in [0.4, 0.5) is 4.39 Å². The summed E-state index contributed by atoms with van der Waals surface area (Å²) < 4.78 is 13.0. The molecule has 0 aliphatic carbocycles. The van der Waals surface area contributed by atoms with Crippen molar-refractivity contribution in [3.05, 3.63) is 36.3 Å². The lowest BCUT2D eigenvalue weighted by molar-refractivity contribution is 0.637. The first-order valence-corrected chi connectivity index (χ1v) is 3.78. The molecule has 0 unspecified atom stereocenters. The number of halogens is 1. The Kier molecular flexibility index (Phi) is 1.57. The van der Waals surface area contributed by atoms with E-state index in [1.807, 2.05) is 12.1 Å². The minimum atomic E-state index is -0.193. The molecule has 1 aromatic heterocycles. The van der Waals surface area contributed by atoms with Crippen molar-refractivity contribution in [1.29, 1.82) is 0 Å². The maximum atomic E-state index is 13.0. The summed E-state index contributed by atoms with van der Waals surface area (Å²) in [7, 11) is 1.75. The maximum absolute atomic E-state index is 13.0. The van der Waals surface area contributed by atoms with Crippen molar-refractivity contribution in [3.63, 3.8) is 0 Å². The molecule has 0 bridgehead atoms. The van der Waals surface area contributed by atoms with Gasteiger partial charge in [0, 0.05) is 6.20 Å². The highest BCUT2D eigenvalue weighted by Crippen LogP contribution is 2.09. The molecule has 0 N–H and O–H groups in total. The van der Waals surface area contributed by atoms with Crippen LogP contribution in [-0.2, 0) is 0 Å². The summed E-state index contributed by atoms with van der Waals surface area (Å²) in [5.41, 5.74) is 1.37. The normalized spacial score (nSPS) is 10.4. The maximum Gasteiger partial charge on any atom is 0.143 e. The minimum absolute atomic E-state index is 0.193. The van der Waals surface area contributed by atoms with E-state index in [1.54, 1.807) is 20.1 Å². The van der Waals surface area contributed by atoms with Crippen molar-refractivity contribution in [1.82, 2.24) is 4.98 Å². The Morgan fingerprint density at radius 3 is 3.00 bits per heavy atom. The molecule has 0 spiro atoms. The van der Waals surface area contributed by atoms with Crippen molar-refractivity contribution in [2.45, 2.75) is 0 Å². The minimum Gasteiger partial charge on any atom is -0.256 e. The molecule has 0 saturated carbocycles. The fourth-order valence-electron chi connectivity index (χ4n) is 1.21. The van der Waals surface area contributed by atoms with Gasteiger partial charge >= 0.3 is 0 Å². The molecule has 0 aliphatic heterocycles. The van der Waals surface area contributed by atoms with Crippen LogP contribution in [0.5, 0.6) is 0 Å². The molecule has 0 atom stereocenters. The highest BCUT2D eigenvalue weighted by Gasteiger charge is 1.99. The second kappa shape index (κ2) is 2.59. The zero-order valence-corrected chi connectivity index (χ0v) is 6.71. The molecule has 0 aliphatic rings. The summed E-state index contributed by atoms with van der Waals surface area (Å²) in [6.45, 7) is 0. The van der Waals surface area contributed by atoms with Crippen molar-refractivity contribution in [3.8, 4) is 0 Å². The summed E-state index contributed by atoms with van der Waals surface area (Å²) >= 11 is 0. The van der Waals surface area contributed by atoms with Gasteiger partial charge in [0.2, 0.25) is 0 Å². The van der Waals surface area contributed by atoms with Gasteiger partial charge in [-0.3, -0.25) is 4.98 Å². The van der Waals surface area contributed by atoms with Gasteiger partial charge in [-0.1, -0.05) is 17.6 Å². The van der Waals surface area contributed by atoms with Crippen molar-refractivity contribution < 1.29 is 4.39 Å². The molecule has 2 aromatic rings. The molecular formula is C9H7BFN. The quantitative estimate of drug-likeness (QED) is 0.513. The lowest BCUT2D eigenvalue weighted by Gasteiger charge is -1.99. The van der Waals surface area contributed by atoms with E-state index >= 15 is 0 Å². The average Bonchev–Trinajstić information content (AvgIpc) is 2.07. The molecule has 0 fully saturated rings. The number of rotatable bonds is 0. The highest BCUT2D eigenvalue weighted by molar-refractivity contribution is 6.33. The Morgan fingerprint density at radius 1 is 1.33 bits per heavy atom. The largest absolute Gasteiger partial charge is 0.256 e. The number of benzene rings is 1. The Bertz CT molecular complexity index is 387. The molecule has 1 aromatic carbocycles. The van der Waals surface area contributed by atoms with Crippen LogP contribution in [0.25, 0.3) is 10.9 Å². The summed E-state index contributed by atoms with van der Waals surface area (Å²) in [6.07, 6.45) is 1.66. The van der Waals surface area contributed by atoms with Crippen molar-refractivity contribution >= 4 is 24.2 Å². The van der Waals surface area contributed by atoms with Crippen LogP contribution in [0.3, 0.4) is 0 Å². The Hall–Kier alpha value is -1.38. The first-order chi connectivity index (χ1) is 5.77. The zero-order chi connectivity index (χ0) is 8.55. The van der Waals surface area contributed by atoms with Crippen molar-refractivity contribution in [2.75, 3.05) is 0 Å². The summed E-state index contributed by atoms with van der Waals surface area (Å²) in [5, 5.41) is 0.983. The van der Waals surface area contributed by atoms with E-state index in [-0.39, 0.29) is 5.82 Å². The second-order valence-corrected chi connectivity index (χ2v) is 2.80. The van der Waals surface area contributed by atoms with Crippen LogP contribution in [0.2, 0.25) is 0 Å². The van der Waals surface area contributed by atoms with E-state index in [0.717, 1.165) is 5.39 Å². The second-order valence-electron chi connectivity index (χ2n) is 2.80. The van der Waals surface area contributed by atoms with Gasteiger partial charge in [0.1, 0.15) is 13.7 Å². The van der Waals surface area contributed by atoms with Gasteiger partial charge in [-0.2, -0.15) is 0 Å². The molecular weight excluding hydrogens is 152 g/mol. The number of hydrogen-bond acceptors (Lipinski definition) is 1. The van der Waals surface area contributed by atoms with E-state index in [4.69, 9.17) is 0 Å². The van der Waals surface area contributed by atoms with Gasteiger partial charge in [-0.15, -0.1) is 0 Å². The van der Waals surface area contributed by atoms with Crippen LogP contribution >= 0.6 is 0 Å². The first-order valence-electron chi connectivity index (χ1n) is 3.78. The lowest BCUT2D eigenvalue weighted by Crippen LogP contribution is -2.07. The van der Waals surface area contributed by atoms with E-state index < -0.39 is 0 Å². The number of fused-ring (bicyclic) bond motifs is 1. The van der Waals surface area contributed by atoms with E-state index in [0.29, 0.717) is 11.0 Å². The SMILES string of the molecule is Bc1cc2cccnc2cc1F. The predicted molar refractivity (Wildman–Crippen MR) is 49.9 cm³/mol. The molecule has 58 valence electrons. The molecule has 2 rings (SSSR count). The first kappa shape index (κ1) is 7.28. The van der Waals surface area contributed by atoms with E-state index in [2.05, 4.69) is 4.98 Å². The molecule has 0 amide bonds. The van der Waals surface area contributed by atoms with Crippen LogP contribution in [-0.4, -0.2) is 12.8 Å².